The van der Waals surface area contributed by atoms with Crippen LogP contribution in [-0.4, -0.2) is 37.0 Å². The van der Waals surface area contributed by atoms with Crippen molar-refractivity contribution in [2.24, 2.45) is 0 Å². The molecule has 0 radical (unpaired) electrons. The fourth-order valence-corrected chi connectivity index (χ4v) is 3.23. The molecule has 2 aromatic carbocycles. The third kappa shape index (κ3) is 5.32. The maximum absolute atomic E-state index is 12.8. The molecule has 0 saturated carbocycles. The van der Waals surface area contributed by atoms with Crippen molar-refractivity contribution in [2.75, 3.05) is 36.4 Å². The number of hydrogen-bond acceptors (Lipinski definition) is 4. The molecule has 8 heteroatoms. The van der Waals surface area contributed by atoms with Crippen LogP contribution in [0, 0.1) is 18.3 Å². The van der Waals surface area contributed by atoms with E-state index in [1.807, 2.05) is 36.1 Å². The van der Waals surface area contributed by atoms with Crippen molar-refractivity contribution in [3.05, 3.63) is 71.4 Å². The summed E-state index contributed by atoms with van der Waals surface area (Å²) in [5.41, 5.74) is 1.26. The number of alkyl halides is 3. The number of carbonyl (C=O) groups is 1. The fraction of sp³-hybridized carbons (Fsp3) is 0.273. The van der Waals surface area contributed by atoms with Gasteiger partial charge in [0.05, 0.1) is 5.56 Å². The van der Waals surface area contributed by atoms with Gasteiger partial charge in [0.15, 0.2) is 0 Å². The molecular formula is C22H21F3N4O. The largest absolute Gasteiger partial charge is 0.416 e. The zero-order chi connectivity index (χ0) is 21.7. The molecule has 1 N–H and O–H groups in total. The standard InChI is InChI=1S/C22H21F3N4O/c1-16-4-2-7-20(12-16)29-10-8-28(9-11-29)15-17(14-26)21(30)27-19-6-3-5-18(13-19)22(23,24)25/h2-7,12-13,15H,8-11H2,1H3,(H,27,30)/b17-15-. The van der Waals surface area contributed by atoms with Gasteiger partial charge in [0.2, 0.25) is 0 Å². The van der Waals surface area contributed by atoms with Crippen LogP contribution in [0.2, 0.25) is 0 Å². The minimum atomic E-state index is -4.51. The lowest BCUT2D eigenvalue weighted by atomic mass is 10.1. The lowest BCUT2D eigenvalue weighted by molar-refractivity contribution is -0.137. The SMILES string of the molecule is Cc1cccc(N2CCN(/C=C(/C#N)C(=O)Nc3cccc(C(F)(F)F)c3)CC2)c1. The summed E-state index contributed by atoms with van der Waals surface area (Å²) in [5, 5.41) is 11.7. The highest BCUT2D eigenvalue weighted by molar-refractivity contribution is 6.06. The van der Waals surface area contributed by atoms with Gasteiger partial charge in [-0.25, -0.2) is 0 Å². The van der Waals surface area contributed by atoms with Crippen LogP contribution in [0.25, 0.3) is 0 Å². The second kappa shape index (κ2) is 8.91. The first-order valence-corrected chi connectivity index (χ1v) is 9.42. The van der Waals surface area contributed by atoms with Crippen molar-refractivity contribution in [3.8, 4) is 6.07 Å². The number of nitrogens with zero attached hydrogens (tertiary/aromatic N) is 3. The van der Waals surface area contributed by atoms with Gasteiger partial charge in [-0.15, -0.1) is 0 Å². The Morgan fingerprint density at radius 2 is 1.80 bits per heavy atom. The van der Waals surface area contributed by atoms with Gasteiger partial charge in [0, 0.05) is 43.8 Å². The Balaban J connectivity index is 1.63. The van der Waals surface area contributed by atoms with E-state index in [0.29, 0.717) is 13.1 Å². The Kier molecular flexibility index (Phi) is 6.31. The molecule has 1 heterocycles. The zero-order valence-corrected chi connectivity index (χ0v) is 16.4. The number of anilines is 2. The topological polar surface area (TPSA) is 59.4 Å². The molecule has 5 nitrogen and oxygen atoms in total. The quantitative estimate of drug-likeness (QED) is 0.602. The Morgan fingerprint density at radius 3 is 2.43 bits per heavy atom. The Bertz CT molecular complexity index is 986. The number of amides is 1. The highest BCUT2D eigenvalue weighted by atomic mass is 19.4. The third-order valence-corrected chi connectivity index (χ3v) is 4.81. The first-order valence-electron chi connectivity index (χ1n) is 9.42. The second-order valence-corrected chi connectivity index (χ2v) is 7.05. The molecule has 1 saturated heterocycles. The average Bonchev–Trinajstić information content (AvgIpc) is 2.72. The summed E-state index contributed by atoms with van der Waals surface area (Å²) in [5.74, 6) is -0.738. The fourth-order valence-electron chi connectivity index (χ4n) is 3.23. The van der Waals surface area contributed by atoms with Crippen LogP contribution in [0.4, 0.5) is 24.5 Å². The average molecular weight is 414 g/mol. The molecule has 3 rings (SSSR count). The number of piperazine rings is 1. The van der Waals surface area contributed by atoms with Crippen LogP contribution < -0.4 is 10.2 Å². The van der Waals surface area contributed by atoms with Gasteiger partial charge in [-0.1, -0.05) is 18.2 Å². The van der Waals surface area contributed by atoms with Crippen molar-refractivity contribution in [3.63, 3.8) is 0 Å². The molecular weight excluding hydrogens is 393 g/mol. The van der Waals surface area contributed by atoms with E-state index in [4.69, 9.17) is 0 Å². The normalized spacial score (nSPS) is 15.0. The van der Waals surface area contributed by atoms with Crippen LogP contribution in [0.3, 0.4) is 0 Å². The number of halogens is 3. The molecule has 0 atom stereocenters. The lowest BCUT2D eigenvalue weighted by Crippen LogP contribution is -2.44. The van der Waals surface area contributed by atoms with E-state index < -0.39 is 17.6 Å². The molecule has 30 heavy (non-hydrogen) atoms. The van der Waals surface area contributed by atoms with Crippen molar-refractivity contribution < 1.29 is 18.0 Å². The molecule has 2 aromatic rings. The molecule has 0 unspecified atom stereocenters. The smallest absolute Gasteiger partial charge is 0.373 e. The Hall–Kier alpha value is -3.47. The van der Waals surface area contributed by atoms with Gasteiger partial charge in [-0.3, -0.25) is 4.79 Å². The number of nitriles is 1. The minimum Gasteiger partial charge on any atom is -0.373 e. The summed E-state index contributed by atoms with van der Waals surface area (Å²) in [6.07, 6.45) is -3.04. The number of carbonyl (C=O) groups excluding carboxylic acids is 1. The van der Waals surface area contributed by atoms with Crippen LogP contribution in [0.1, 0.15) is 11.1 Å². The van der Waals surface area contributed by atoms with Gasteiger partial charge in [-0.05, 0) is 42.8 Å². The number of hydrogen-bond donors (Lipinski definition) is 1. The zero-order valence-electron chi connectivity index (χ0n) is 16.4. The first kappa shape index (κ1) is 21.2. The lowest BCUT2D eigenvalue weighted by Gasteiger charge is -2.35. The minimum absolute atomic E-state index is 0.0137. The van der Waals surface area contributed by atoms with E-state index in [1.165, 1.54) is 23.9 Å². The molecule has 1 fully saturated rings. The van der Waals surface area contributed by atoms with Gasteiger partial charge < -0.3 is 15.1 Å². The van der Waals surface area contributed by atoms with Crippen molar-refractivity contribution in [2.45, 2.75) is 13.1 Å². The number of benzene rings is 2. The number of nitrogens with one attached hydrogen (secondary N) is 1. The van der Waals surface area contributed by atoms with E-state index in [2.05, 4.69) is 16.3 Å². The van der Waals surface area contributed by atoms with Crippen molar-refractivity contribution in [1.29, 1.82) is 5.26 Å². The molecule has 156 valence electrons. The van der Waals surface area contributed by atoms with Crippen molar-refractivity contribution in [1.82, 2.24) is 4.90 Å². The van der Waals surface area contributed by atoms with E-state index in [9.17, 15) is 23.2 Å². The molecule has 0 bridgehead atoms. The van der Waals surface area contributed by atoms with Gasteiger partial charge in [0.1, 0.15) is 11.6 Å². The summed E-state index contributed by atoms with van der Waals surface area (Å²) < 4.78 is 38.5. The predicted molar refractivity (Wildman–Crippen MR) is 109 cm³/mol. The number of rotatable bonds is 4. The monoisotopic (exact) mass is 414 g/mol. The molecule has 1 aliphatic heterocycles. The van der Waals surface area contributed by atoms with E-state index >= 15 is 0 Å². The summed E-state index contributed by atoms with van der Waals surface area (Å²) in [6, 6.07) is 14.3. The summed E-state index contributed by atoms with van der Waals surface area (Å²) in [6.45, 7) is 4.73. The van der Waals surface area contributed by atoms with Gasteiger partial charge in [0.25, 0.3) is 5.91 Å². The highest BCUT2D eigenvalue weighted by Gasteiger charge is 2.30. The first-order chi connectivity index (χ1) is 14.3. The highest BCUT2D eigenvalue weighted by Crippen LogP contribution is 2.30. The number of aryl methyl sites for hydroxylation is 1. The molecule has 0 aliphatic carbocycles. The molecule has 1 aliphatic rings. The van der Waals surface area contributed by atoms with E-state index in [1.54, 1.807) is 0 Å². The van der Waals surface area contributed by atoms with Gasteiger partial charge in [-0.2, -0.15) is 18.4 Å². The van der Waals surface area contributed by atoms with E-state index in [-0.39, 0.29) is 11.3 Å². The maximum Gasteiger partial charge on any atom is 0.416 e. The Labute approximate surface area is 173 Å². The molecule has 1 amide bonds. The van der Waals surface area contributed by atoms with E-state index in [0.717, 1.165) is 30.9 Å². The van der Waals surface area contributed by atoms with Crippen molar-refractivity contribution >= 4 is 17.3 Å². The van der Waals surface area contributed by atoms with Gasteiger partial charge >= 0.3 is 6.18 Å². The molecule has 0 aromatic heterocycles. The third-order valence-electron chi connectivity index (χ3n) is 4.81. The van der Waals surface area contributed by atoms with Crippen LogP contribution in [0.15, 0.2) is 60.3 Å². The summed E-state index contributed by atoms with van der Waals surface area (Å²) in [4.78, 5) is 16.5. The second-order valence-electron chi connectivity index (χ2n) is 7.05. The van der Waals surface area contributed by atoms with Crippen LogP contribution in [0.5, 0.6) is 0 Å². The van der Waals surface area contributed by atoms with Crippen LogP contribution in [-0.2, 0) is 11.0 Å². The predicted octanol–water partition coefficient (Wildman–Crippen LogP) is 4.18. The summed E-state index contributed by atoms with van der Waals surface area (Å²) >= 11 is 0. The Morgan fingerprint density at radius 1 is 1.10 bits per heavy atom. The molecule has 0 spiro atoms. The van der Waals surface area contributed by atoms with Crippen LogP contribution >= 0.6 is 0 Å². The summed E-state index contributed by atoms with van der Waals surface area (Å²) in [7, 11) is 0. The maximum atomic E-state index is 12.8.